The van der Waals surface area contributed by atoms with E-state index >= 15 is 0 Å². The van der Waals surface area contributed by atoms with Gasteiger partial charge < -0.3 is 15.4 Å². The highest BCUT2D eigenvalue weighted by molar-refractivity contribution is 5.74. The first-order valence-electron chi connectivity index (χ1n) is 8.16. The Labute approximate surface area is 132 Å². The Morgan fingerprint density at radius 2 is 2.09 bits per heavy atom. The summed E-state index contributed by atoms with van der Waals surface area (Å²) >= 11 is 0. The van der Waals surface area contributed by atoms with Crippen LogP contribution in [-0.4, -0.2) is 35.1 Å². The fraction of sp³-hybridized carbons (Fsp3) is 0.750. The molecule has 0 aliphatic heterocycles. The van der Waals surface area contributed by atoms with Gasteiger partial charge in [-0.3, -0.25) is 4.68 Å². The fourth-order valence-corrected chi connectivity index (χ4v) is 3.23. The number of hydrogen-bond acceptors (Lipinski definition) is 3. The molecule has 1 aromatic rings. The number of hydrogen-bond donors (Lipinski definition) is 2. The molecule has 0 radical (unpaired) electrons. The average molecular weight is 308 g/mol. The average Bonchev–Trinajstić information content (AvgIpc) is 2.80. The highest BCUT2D eigenvalue weighted by Gasteiger charge is 2.26. The molecule has 22 heavy (non-hydrogen) atoms. The fourth-order valence-electron chi connectivity index (χ4n) is 3.23. The summed E-state index contributed by atoms with van der Waals surface area (Å²) in [5.41, 5.74) is 3.20. The van der Waals surface area contributed by atoms with Gasteiger partial charge >= 0.3 is 6.03 Å². The molecular weight excluding hydrogens is 280 g/mol. The molecule has 2 N–H and O–H groups in total. The first-order chi connectivity index (χ1) is 10.6. The summed E-state index contributed by atoms with van der Waals surface area (Å²) in [5, 5.41) is 10.5. The maximum atomic E-state index is 12.1. The third kappa shape index (κ3) is 3.80. The second kappa shape index (κ2) is 7.63. The number of urea groups is 1. The van der Waals surface area contributed by atoms with Crippen LogP contribution >= 0.6 is 0 Å². The molecule has 1 heterocycles. The first kappa shape index (κ1) is 16.8. The molecule has 1 aliphatic rings. The molecule has 0 unspecified atom stereocenters. The van der Waals surface area contributed by atoms with Crippen LogP contribution in [-0.2, 0) is 17.8 Å². The van der Waals surface area contributed by atoms with Crippen molar-refractivity contribution in [2.75, 3.05) is 7.11 Å². The molecule has 0 saturated heterocycles. The Kier molecular flexibility index (Phi) is 5.83. The zero-order valence-electron chi connectivity index (χ0n) is 14.1. The monoisotopic (exact) mass is 308 g/mol. The Morgan fingerprint density at radius 3 is 2.73 bits per heavy atom. The summed E-state index contributed by atoms with van der Waals surface area (Å²) in [6.45, 7) is 7.44. The molecular formula is C16H28N4O2. The highest BCUT2D eigenvalue weighted by atomic mass is 16.5. The van der Waals surface area contributed by atoms with Crippen LogP contribution in [0.2, 0.25) is 0 Å². The van der Waals surface area contributed by atoms with Crippen molar-refractivity contribution in [2.45, 2.75) is 71.7 Å². The van der Waals surface area contributed by atoms with Crippen molar-refractivity contribution in [3.8, 4) is 0 Å². The predicted molar refractivity (Wildman–Crippen MR) is 85.8 cm³/mol. The molecule has 1 saturated carbocycles. The number of rotatable bonds is 5. The van der Waals surface area contributed by atoms with Gasteiger partial charge in [0.25, 0.3) is 0 Å². The predicted octanol–water partition coefficient (Wildman–Crippen LogP) is 2.28. The van der Waals surface area contributed by atoms with Gasteiger partial charge in [-0.15, -0.1) is 0 Å². The molecule has 2 amide bonds. The molecule has 6 heteroatoms. The third-order valence-electron chi connectivity index (χ3n) is 4.58. The molecule has 2 atom stereocenters. The van der Waals surface area contributed by atoms with Gasteiger partial charge in [-0.05, 0) is 33.6 Å². The van der Waals surface area contributed by atoms with Crippen LogP contribution in [0.4, 0.5) is 4.79 Å². The number of aryl methyl sites for hydroxylation is 2. The lowest BCUT2D eigenvalue weighted by molar-refractivity contribution is 0.0452. The van der Waals surface area contributed by atoms with Crippen molar-refractivity contribution >= 4 is 6.03 Å². The van der Waals surface area contributed by atoms with Crippen molar-refractivity contribution in [1.82, 2.24) is 20.4 Å². The number of carbonyl (C=O) groups excluding carboxylic acids is 1. The first-order valence-corrected chi connectivity index (χ1v) is 8.16. The molecule has 0 aromatic carbocycles. The van der Waals surface area contributed by atoms with Crippen molar-refractivity contribution < 1.29 is 9.53 Å². The number of carbonyl (C=O) groups is 1. The van der Waals surface area contributed by atoms with E-state index in [1.807, 2.05) is 18.5 Å². The van der Waals surface area contributed by atoms with Gasteiger partial charge in [0.05, 0.1) is 17.8 Å². The third-order valence-corrected chi connectivity index (χ3v) is 4.58. The quantitative estimate of drug-likeness (QED) is 0.877. The summed E-state index contributed by atoms with van der Waals surface area (Å²) < 4.78 is 7.43. The summed E-state index contributed by atoms with van der Waals surface area (Å²) in [6, 6.07) is -0.0173. The SMILES string of the molecule is CCn1nc(C)c(CNC(=O)N[C@H]2CCCC[C@@H]2OC)c1C. The topological polar surface area (TPSA) is 68.2 Å². The van der Waals surface area contributed by atoms with Crippen LogP contribution in [0.15, 0.2) is 0 Å². The van der Waals surface area contributed by atoms with E-state index in [9.17, 15) is 4.79 Å². The molecule has 124 valence electrons. The van der Waals surface area contributed by atoms with Crippen molar-refractivity contribution in [2.24, 2.45) is 0 Å². The van der Waals surface area contributed by atoms with E-state index in [0.29, 0.717) is 6.54 Å². The Hall–Kier alpha value is -1.56. The summed E-state index contributed by atoms with van der Waals surface area (Å²) in [5.74, 6) is 0. The Balaban J connectivity index is 1.89. The van der Waals surface area contributed by atoms with Crippen LogP contribution in [0.25, 0.3) is 0 Å². The Morgan fingerprint density at radius 1 is 1.36 bits per heavy atom. The number of methoxy groups -OCH3 is 1. The summed E-state index contributed by atoms with van der Waals surface area (Å²) in [6.07, 6.45) is 4.45. The second-order valence-corrected chi connectivity index (χ2v) is 5.96. The maximum absolute atomic E-state index is 12.1. The van der Waals surface area contributed by atoms with Crippen LogP contribution in [0.5, 0.6) is 0 Å². The van der Waals surface area contributed by atoms with E-state index in [-0.39, 0.29) is 18.2 Å². The molecule has 0 spiro atoms. The Bertz CT molecular complexity index is 512. The zero-order chi connectivity index (χ0) is 16.1. The normalized spacial score (nSPS) is 21.6. The van der Waals surface area contributed by atoms with Crippen LogP contribution < -0.4 is 10.6 Å². The standard InChI is InChI=1S/C16H28N4O2/c1-5-20-12(3)13(11(2)19-20)10-17-16(21)18-14-8-6-7-9-15(14)22-4/h14-15H,5-10H2,1-4H3,(H2,17,18,21)/t14-,15-/m0/s1. The lowest BCUT2D eigenvalue weighted by Crippen LogP contribution is -2.49. The summed E-state index contributed by atoms with van der Waals surface area (Å²) in [4.78, 5) is 12.1. The second-order valence-electron chi connectivity index (χ2n) is 5.96. The minimum atomic E-state index is -0.128. The van der Waals surface area contributed by atoms with Gasteiger partial charge in [-0.1, -0.05) is 12.8 Å². The molecule has 0 bridgehead atoms. The number of amides is 2. The number of aromatic nitrogens is 2. The lowest BCUT2D eigenvalue weighted by Gasteiger charge is -2.31. The van der Waals surface area contributed by atoms with E-state index in [4.69, 9.17) is 4.74 Å². The minimum Gasteiger partial charge on any atom is -0.379 e. The highest BCUT2D eigenvalue weighted by Crippen LogP contribution is 2.20. The van der Waals surface area contributed by atoms with Gasteiger partial charge in [-0.2, -0.15) is 5.10 Å². The van der Waals surface area contributed by atoms with Crippen LogP contribution in [0, 0.1) is 13.8 Å². The van der Waals surface area contributed by atoms with Gasteiger partial charge in [0, 0.05) is 31.5 Å². The van der Waals surface area contributed by atoms with E-state index in [1.54, 1.807) is 7.11 Å². The zero-order valence-corrected chi connectivity index (χ0v) is 14.1. The number of ether oxygens (including phenoxy) is 1. The van der Waals surface area contributed by atoms with E-state index < -0.39 is 0 Å². The summed E-state index contributed by atoms with van der Waals surface area (Å²) in [7, 11) is 1.72. The maximum Gasteiger partial charge on any atom is 0.315 e. The smallest absolute Gasteiger partial charge is 0.315 e. The largest absolute Gasteiger partial charge is 0.379 e. The molecule has 2 rings (SSSR count). The minimum absolute atomic E-state index is 0.110. The van der Waals surface area contributed by atoms with E-state index in [2.05, 4.69) is 22.7 Å². The van der Waals surface area contributed by atoms with Crippen LogP contribution in [0.3, 0.4) is 0 Å². The van der Waals surface area contributed by atoms with Gasteiger partial charge in [0.2, 0.25) is 0 Å². The molecule has 6 nitrogen and oxygen atoms in total. The van der Waals surface area contributed by atoms with E-state index in [0.717, 1.165) is 42.8 Å². The van der Waals surface area contributed by atoms with Gasteiger partial charge in [0.1, 0.15) is 0 Å². The number of nitrogens with one attached hydrogen (secondary N) is 2. The van der Waals surface area contributed by atoms with E-state index in [1.165, 1.54) is 6.42 Å². The van der Waals surface area contributed by atoms with Gasteiger partial charge in [-0.25, -0.2) is 4.79 Å². The van der Waals surface area contributed by atoms with Crippen molar-refractivity contribution in [1.29, 1.82) is 0 Å². The number of nitrogens with zero attached hydrogens (tertiary/aromatic N) is 2. The molecule has 1 aliphatic carbocycles. The van der Waals surface area contributed by atoms with Crippen molar-refractivity contribution in [3.05, 3.63) is 17.0 Å². The molecule has 1 fully saturated rings. The van der Waals surface area contributed by atoms with Gasteiger partial charge in [0.15, 0.2) is 0 Å². The van der Waals surface area contributed by atoms with Crippen LogP contribution in [0.1, 0.15) is 49.6 Å². The van der Waals surface area contributed by atoms with Crippen molar-refractivity contribution in [3.63, 3.8) is 0 Å². The lowest BCUT2D eigenvalue weighted by atomic mass is 9.92. The molecule has 1 aromatic heterocycles.